The Bertz CT molecular complexity index is 453. The molecule has 0 aliphatic heterocycles. The van der Waals surface area contributed by atoms with Crippen LogP contribution in [-0.2, 0) is 0 Å². The molecular weight excluding hydrogens is 326 g/mol. The lowest BCUT2D eigenvalue weighted by molar-refractivity contribution is 0.544. The first kappa shape index (κ1) is 12.3. The Morgan fingerprint density at radius 2 is 1.94 bits per heavy atom. The molecule has 3 rings (SSSR count). The largest absolute Gasteiger partial charge is 0.207 e. The van der Waals surface area contributed by atoms with E-state index in [1.807, 2.05) is 0 Å². The molecule has 2 aliphatic rings. The van der Waals surface area contributed by atoms with Crippen molar-refractivity contribution < 1.29 is 4.39 Å². The van der Waals surface area contributed by atoms with Crippen LogP contribution in [0.1, 0.15) is 30.2 Å². The molecule has 0 radical (unpaired) electrons. The molecule has 0 bridgehead atoms. The van der Waals surface area contributed by atoms with Gasteiger partial charge >= 0.3 is 0 Å². The lowest BCUT2D eigenvalue weighted by Crippen LogP contribution is -2.01. The number of halogens is 4. The lowest BCUT2D eigenvalue weighted by Gasteiger charge is -2.14. The first-order valence-corrected chi connectivity index (χ1v) is 7.49. The third kappa shape index (κ3) is 2.02. The second-order valence-corrected chi connectivity index (χ2v) is 6.76. The molecule has 2 aliphatic carbocycles. The molecule has 0 aromatic heterocycles. The Morgan fingerprint density at radius 3 is 2.59 bits per heavy atom. The highest BCUT2D eigenvalue weighted by molar-refractivity contribution is 9.10. The summed E-state index contributed by atoms with van der Waals surface area (Å²) in [6.45, 7) is 0. The number of benzene rings is 1. The molecule has 1 aromatic rings. The molecule has 1 aromatic carbocycles. The number of hydrogen-bond donors (Lipinski definition) is 0. The highest BCUT2D eigenvalue weighted by Gasteiger charge is 2.56. The van der Waals surface area contributed by atoms with Gasteiger partial charge in [0, 0.05) is 10.0 Å². The van der Waals surface area contributed by atoms with E-state index >= 15 is 0 Å². The minimum Gasteiger partial charge on any atom is -0.207 e. The Kier molecular flexibility index (Phi) is 3.17. The summed E-state index contributed by atoms with van der Waals surface area (Å²) in [5, 5.41) is 0.300. The van der Waals surface area contributed by atoms with Gasteiger partial charge in [-0.05, 0) is 58.7 Å². The normalized spacial score (nSPS) is 32.4. The van der Waals surface area contributed by atoms with Crippen molar-refractivity contribution in [1.82, 2.24) is 0 Å². The van der Waals surface area contributed by atoms with Crippen LogP contribution in [0.3, 0.4) is 0 Å². The van der Waals surface area contributed by atoms with E-state index in [1.54, 1.807) is 6.07 Å². The zero-order chi connectivity index (χ0) is 12.2. The molecule has 2 saturated carbocycles. The molecule has 4 heteroatoms. The third-order valence-electron chi connectivity index (χ3n) is 4.15. The van der Waals surface area contributed by atoms with Gasteiger partial charge in [-0.25, -0.2) is 4.39 Å². The SMILES string of the molecule is Fc1cc(Br)c(Cl)cc1C(Cl)C1C2CCCC21. The van der Waals surface area contributed by atoms with E-state index in [0.29, 0.717) is 21.0 Å². The van der Waals surface area contributed by atoms with E-state index in [-0.39, 0.29) is 11.2 Å². The molecule has 0 spiro atoms. The first-order chi connectivity index (χ1) is 8.09. The summed E-state index contributed by atoms with van der Waals surface area (Å²) < 4.78 is 14.5. The summed E-state index contributed by atoms with van der Waals surface area (Å²) in [6.07, 6.45) is 3.81. The summed E-state index contributed by atoms with van der Waals surface area (Å²) >= 11 is 15.6. The number of alkyl halides is 1. The quantitative estimate of drug-likeness (QED) is 0.489. The van der Waals surface area contributed by atoms with Gasteiger partial charge in [0.05, 0.1) is 10.4 Å². The fraction of sp³-hybridized carbons (Fsp3) is 0.538. The van der Waals surface area contributed by atoms with Crippen LogP contribution in [0.4, 0.5) is 4.39 Å². The molecule has 3 unspecified atom stereocenters. The summed E-state index contributed by atoms with van der Waals surface area (Å²) in [5.41, 5.74) is 0.555. The molecule has 0 amide bonds. The maximum absolute atomic E-state index is 13.9. The Balaban J connectivity index is 1.87. The molecule has 0 saturated heterocycles. The number of rotatable bonds is 2. The van der Waals surface area contributed by atoms with Gasteiger partial charge in [0.1, 0.15) is 5.82 Å². The van der Waals surface area contributed by atoms with E-state index in [1.165, 1.54) is 25.3 Å². The van der Waals surface area contributed by atoms with Crippen molar-refractivity contribution in [2.75, 3.05) is 0 Å². The molecular formula is C13H12BrCl2F. The maximum atomic E-state index is 13.9. The summed E-state index contributed by atoms with van der Waals surface area (Å²) in [5.74, 6) is 1.64. The minimum atomic E-state index is -0.258. The predicted octanol–water partition coefficient (Wildman–Crippen LogP) is 5.57. The average molecular weight is 338 g/mol. The van der Waals surface area contributed by atoms with Crippen LogP contribution in [0.25, 0.3) is 0 Å². The Labute approximate surface area is 119 Å². The van der Waals surface area contributed by atoms with Crippen LogP contribution in [0, 0.1) is 23.6 Å². The van der Waals surface area contributed by atoms with Gasteiger partial charge in [0.25, 0.3) is 0 Å². The zero-order valence-corrected chi connectivity index (χ0v) is 12.2. The van der Waals surface area contributed by atoms with E-state index < -0.39 is 0 Å². The van der Waals surface area contributed by atoms with Crippen LogP contribution in [0.5, 0.6) is 0 Å². The third-order valence-corrected chi connectivity index (χ3v) is 5.87. The van der Waals surface area contributed by atoms with Gasteiger partial charge in [-0.3, -0.25) is 0 Å². The molecule has 17 heavy (non-hydrogen) atoms. The van der Waals surface area contributed by atoms with E-state index in [4.69, 9.17) is 23.2 Å². The predicted molar refractivity (Wildman–Crippen MR) is 72.0 cm³/mol. The van der Waals surface area contributed by atoms with Crippen LogP contribution in [-0.4, -0.2) is 0 Å². The van der Waals surface area contributed by atoms with Gasteiger partial charge in [-0.2, -0.15) is 0 Å². The van der Waals surface area contributed by atoms with Gasteiger partial charge in [-0.1, -0.05) is 18.0 Å². The van der Waals surface area contributed by atoms with Crippen molar-refractivity contribution >= 4 is 39.1 Å². The van der Waals surface area contributed by atoms with E-state index in [9.17, 15) is 4.39 Å². The number of fused-ring (bicyclic) bond motifs is 1. The van der Waals surface area contributed by atoms with Crippen molar-refractivity contribution in [1.29, 1.82) is 0 Å². The monoisotopic (exact) mass is 336 g/mol. The smallest absolute Gasteiger partial charge is 0.129 e. The highest BCUT2D eigenvalue weighted by atomic mass is 79.9. The van der Waals surface area contributed by atoms with E-state index in [0.717, 1.165) is 11.8 Å². The van der Waals surface area contributed by atoms with Gasteiger partial charge in [0.15, 0.2) is 0 Å². The topological polar surface area (TPSA) is 0 Å². The minimum absolute atomic E-state index is 0.226. The van der Waals surface area contributed by atoms with E-state index in [2.05, 4.69) is 15.9 Å². The Morgan fingerprint density at radius 1 is 1.29 bits per heavy atom. The molecule has 0 nitrogen and oxygen atoms in total. The van der Waals surface area contributed by atoms with Crippen molar-refractivity contribution in [2.24, 2.45) is 17.8 Å². The fourth-order valence-corrected chi connectivity index (χ4v) is 4.30. The highest BCUT2D eigenvalue weighted by Crippen LogP contribution is 2.64. The fourth-order valence-electron chi connectivity index (χ4n) is 3.27. The molecule has 0 heterocycles. The van der Waals surface area contributed by atoms with Crippen molar-refractivity contribution in [3.63, 3.8) is 0 Å². The zero-order valence-electron chi connectivity index (χ0n) is 9.10. The van der Waals surface area contributed by atoms with Crippen LogP contribution in [0.15, 0.2) is 16.6 Å². The average Bonchev–Trinajstić information content (AvgIpc) is 2.76. The Hall–Kier alpha value is 0.210. The lowest BCUT2D eigenvalue weighted by atomic mass is 10.0. The first-order valence-electron chi connectivity index (χ1n) is 5.88. The molecule has 92 valence electrons. The standard InChI is InChI=1S/C13H12BrCl2F/c14-9-5-11(17)8(4-10(9)15)13(16)12-6-2-1-3-7(6)12/h4-7,12-13H,1-3H2. The van der Waals surface area contributed by atoms with Crippen molar-refractivity contribution in [2.45, 2.75) is 24.6 Å². The second-order valence-electron chi connectivity index (χ2n) is 5.03. The van der Waals surface area contributed by atoms with Crippen LogP contribution in [0.2, 0.25) is 5.02 Å². The van der Waals surface area contributed by atoms with Gasteiger partial charge in [-0.15, -0.1) is 11.6 Å². The molecule has 3 atom stereocenters. The van der Waals surface area contributed by atoms with Crippen LogP contribution >= 0.6 is 39.1 Å². The van der Waals surface area contributed by atoms with Crippen LogP contribution < -0.4 is 0 Å². The maximum Gasteiger partial charge on any atom is 0.129 e. The van der Waals surface area contributed by atoms with Gasteiger partial charge in [0.2, 0.25) is 0 Å². The summed E-state index contributed by atoms with van der Waals surface area (Å²) in [4.78, 5) is 0. The molecule has 2 fully saturated rings. The summed E-state index contributed by atoms with van der Waals surface area (Å²) in [6, 6.07) is 3.07. The summed E-state index contributed by atoms with van der Waals surface area (Å²) in [7, 11) is 0. The second kappa shape index (κ2) is 4.40. The van der Waals surface area contributed by atoms with Crippen molar-refractivity contribution in [3.8, 4) is 0 Å². The van der Waals surface area contributed by atoms with Gasteiger partial charge < -0.3 is 0 Å². The number of hydrogen-bond acceptors (Lipinski definition) is 0. The molecule has 0 N–H and O–H groups in total. The van der Waals surface area contributed by atoms with Crippen molar-refractivity contribution in [3.05, 3.63) is 33.0 Å².